The predicted octanol–water partition coefficient (Wildman–Crippen LogP) is 1.43. The molecule has 14 heavy (non-hydrogen) atoms. The molecule has 3 N–H and O–H groups in total. The van der Waals surface area contributed by atoms with Crippen LogP contribution in [0.5, 0.6) is 5.75 Å². The highest BCUT2D eigenvalue weighted by atomic mass is 127. The SMILES string of the molecule is NC(=O)c1cc(C(F)F)nc(I)c1O. The zero-order valence-electron chi connectivity index (χ0n) is 6.67. The number of rotatable bonds is 2. The van der Waals surface area contributed by atoms with Crippen molar-refractivity contribution >= 4 is 28.5 Å². The lowest BCUT2D eigenvalue weighted by molar-refractivity contribution is 0.0996. The van der Waals surface area contributed by atoms with Gasteiger partial charge < -0.3 is 10.8 Å². The third kappa shape index (κ3) is 2.08. The van der Waals surface area contributed by atoms with Crippen molar-refractivity contribution in [3.05, 3.63) is 21.0 Å². The molecule has 0 saturated heterocycles. The summed E-state index contributed by atoms with van der Waals surface area (Å²) in [7, 11) is 0. The summed E-state index contributed by atoms with van der Waals surface area (Å²) in [6.07, 6.45) is -2.80. The first-order chi connectivity index (χ1) is 6.43. The summed E-state index contributed by atoms with van der Waals surface area (Å²) < 4.78 is 24.4. The number of primary amides is 1. The average molecular weight is 314 g/mol. The molecule has 0 atom stereocenters. The van der Waals surface area contributed by atoms with Gasteiger partial charge in [0, 0.05) is 0 Å². The number of alkyl halides is 2. The van der Waals surface area contributed by atoms with Crippen LogP contribution in [0.15, 0.2) is 6.07 Å². The van der Waals surface area contributed by atoms with Gasteiger partial charge in [0.2, 0.25) is 0 Å². The second-order valence-corrected chi connectivity index (χ2v) is 3.42. The van der Waals surface area contributed by atoms with Crippen molar-refractivity contribution in [2.45, 2.75) is 6.43 Å². The second kappa shape index (κ2) is 4.03. The maximum absolute atomic E-state index is 12.2. The van der Waals surface area contributed by atoms with Gasteiger partial charge in [0.25, 0.3) is 12.3 Å². The molecule has 0 bridgehead atoms. The summed E-state index contributed by atoms with van der Waals surface area (Å²) >= 11 is 1.54. The highest BCUT2D eigenvalue weighted by Crippen LogP contribution is 2.27. The van der Waals surface area contributed by atoms with Crippen LogP contribution in [0, 0.1) is 3.70 Å². The number of aromatic hydroxyl groups is 1. The monoisotopic (exact) mass is 314 g/mol. The molecule has 7 heteroatoms. The van der Waals surface area contributed by atoms with Crippen molar-refractivity contribution in [1.29, 1.82) is 0 Å². The van der Waals surface area contributed by atoms with E-state index in [0.29, 0.717) is 0 Å². The predicted molar refractivity (Wildman–Crippen MR) is 52.1 cm³/mol. The van der Waals surface area contributed by atoms with E-state index in [1.165, 1.54) is 0 Å². The Kier molecular flexibility index (Phi) is 3.19. The lowest BCUT2D eigenvalue weighted by Gasteiger charge is -2.05. The zero-order valence-corrected chi connectivity index (χ0v) is 8.83. The molecule has 0 aliphatic rings. The van der Waals surface area contributed by atoms with Gasteiger partial charge in [-0.1, -0.05) is 0 Å². The van der Waals surface area contributed by atoms with Gasteiger partial charge in [0.1, 0.15) is 9.39 Å². The number of carbonyl (C=O) groups excluding carboxylic acids is 1. The molecular weight excluding hydrogens is 309 g/mol. The summed E-state index contributed by atoms with van der Waals surface area (Å²) in [6.45, 7) is 0. The summed E-state index contributed by atoms with van der Waals surface area (Å²) in [4.78, 5) is 14.1. The Labute approximate surface area is 91.3 Å². The van der Waals surface area contributed by atoms with Gasteiger partial charge in [-0.3, -0.25) is 4.79 Å². The minimum atomic E-state index is -2.80. The van der Waals surface area contributed by atoms with Crippen LogP contribution in [0.3, 0.4) is 0 Å². The van der Waals surface area contributed by atoms with Gasteiger partial charge in [-0.15, -0.1) is 0 Å². The molecule has 0 spiro atoms. The number of halogens is 3. The van der Waals surface area contributed by atoms with Gasteiger partial charge >= 0.3 is 0 Å². The van der Waals surface area contributed by atoms with Crippen LogP contribution in [0.2, 0.25) is 0 Å². The summed E-state index contributed by atoms with van der Waals surface area (Å²) in [6, 6.07) is 0.782. The lowest BCUT2D eigenvalue weighted by atomic mass is 10.2. The Hall–Kier alpha value is -0.990. The Bertz CT molecular complexity index is 384. The lowest BCUT2D eigenvalue weighted by Crippen LogP contribution is -2.13. The largest absolute Gasteiger partial charge is 0.504 e. The fraction of sp³-hybridized carbons (Fsp3) is 0.143. The third-order valence-corrected chi connectivity index (χ3v) is 2.21. The van der Waals surface area contributed by atoms with Crippen LogP contribution in [0.1, 0.15) is 22.5 Å². The molecule has 1 rings (SSSR count). The average Bonchev–Trinajstić information content (AvgIpc) is 2.08. The van der Waals surface area contributed by atoms with Crippen LogP contribution in [0.4, 0.5) is 8.78 Å². The van der Waals surface area contributed by atoms with Gasteiger partial charge in [-0.05, 0) is 28.7 Å². The molecular formula is C7H5F2IN2O2. The Morgan fingerprint density at radius 1 is 1.64 bits per heavy atom. The first-order valence-corrected chi connectivity index (χ1v) is 4.48. The highest BCUT2D eigenvalue weighted by molar-refractivity contribution is 14.1. The van der Waals surface area contributed by atoms with Crippen molar-refractivity contribution < 1.29 is 18.7 Å². The fourth-order valence-corrected chi connectivity index (χ4v) is 1.39. The van der Waals surface area contributed by atoms with E-state index in [1.54, 1.807) is 22.6 Å². The van der Waals surface area contributed by atoms with E-state index in [0.717, 1.165) is 6.07 Å². The Balaban J connectivity index is 3.35. The standard InChI is InChI=1S/C7H5F2IN2O2/c8-5(9)3-1-2(7(11)14)4(13)6(10)12-3/h1,5,13H,(H2,11,14). The molecule has 0 aliphatic heterocycles. The minimum Gasteiger partial charge on any atom is -0.504 e. The summed E-state index contributed by atoms with van der Waals surface area (Å²) in [5.41, 5.74) is 3.95. The molecule has 0 aliphatic carbocycles. The topological polar surface area (TPSA) is 76.2 Å². The molecule has 1 aromatic heterocycles. The number of carbonyl (C=O) groups is 1. The molecule has 4 nitrogen and oxygen atoms in total. The van der Waals surface area contributed by atoms with E-state index in [9.17, 15) is 18.7 Å². The van der Waals surface area contributed by atoms with Gasteiger partial charge in [-0.25, -0.2) is 13.8 Å². The van der Waals surface area contributed by atoms with Crippen LogP contribution < -0.4 is 5.73 Å². The third-order valence-electron chi connectivity index (χ3n) is 1.46. The molecule has 1 aromatic rings. The molecule has 1 heterocycles. The van der Waals surface area contributed by atoms with E-state index < -0.39 is 23.8 Å². The fourth-order valence-electron chi connectivity index (χ4n) is 0.826. The molecule has 0 fully saturated rings. The van der Waals surface area contributed by atoms with E-state index in [2.05, 4.69) is 4.98 Å². The molecule has 0 saturated carbocycles. The van der Waals surface area contributed by atoms with Crippen LogP contribution in [0.25, 0.3) is 0 Å². The van der Waals surface area contributed by atoms with Crippen molar-refractivity contribution in [1.82, 2.24) is 4.98 Å². The normalized spacial score (nSPS) is 10.6. The highest BCUT2D eigenvalue weighted by Gasteiger charge is 2.18. The first-order valence-electron chi connectivity index (χ1n) is 3.41. The number of nitrogens with zero attached hydrogens (tertiary/aromatic N) is 1. The van der Waals surface area contributed by atoms with Crippen molar-refractivity contribution in [3.63, 3.8) is 0 Å². The summed E-state index contributed by atoms with van der Waals surface area (Å²) in [5, 5.41) is 9.26. The second-order valence-electron chi connectivity index (χ2n) is 2.40. The number of aromatic nitrogens is 1. The summed E-state index contributed by atoms with van der Waals surface area (Å²) in [5.74, 6) is -1.44. The van der Waals surface area contributed by atoms with Crippen LogP contribution >= 0.6 is 22.6 Å². The smallest absolute Gasteiger partial charge is 0.280 e. The molecule has 0 unspecified atom stereocenters. The molecule has 1 amide bonds. The maximum Gasteiger partial charge on any atom is 0.280 e. The number of amides is 1. The zero-order chi connectivity index (χ0) is 10.9. The van der Waals surface area contributed by atoms with Gasteiger partial charge in [0.05, 0.1) is 5.56 Å². The molecule has 0 aromatic carbocycles. The van der Waals surface area contributed by atoms with Crippen LogP contribution in [-0.4, -0.2) is 16.0 Å². The van der Waals surface area contributed by atoms with E-state index in [1.807, 2.05) is 0 Å². The van der Waals surface area contributed by atoms with E-state index >= 15 is 0 Å². The van der Waals surface area contributed by atoms with E-state index in [-0.39, 0.29) is 9.26 Å². The number of hydrogen-bond donors (Lipinski definition) is 2. The van der Waals surface area contributed by atoms with Crippen molar-refractivity contribution in [2.24, 2.45) is 5.73 Å². The number of nitrogens with two attached hydrogens (primary N) is 1. The number of pyridine rings is 1. The van der Waals surface area contributed by atoms with Gasteiger partial charge in [0.15, 0.2) is 5.75 Å². The Morgan fingerprint density at radius 3 is 2.64 bits per heavy atom. The number of hydrogen-bond acceptors (Lipinski definition) is 3. The van der Waals surface area contributed by atoms with E-state index in [4.69, 9.17) is 5.73 Å². The Morgan fingerprint density at radius 2 is 2.21 bits per heavy atom. The van der Waals surface area contributed by atoms with Crippen molar-refractivity contribution in [3.8, 4) is 5.75 Å². The molecule has 76 valence electrons. The first kappa shape index (κ1) is 11.1. The van der Waals surface area contributed by atoms with Crippen molar-refractivity contribution in [2.75, 3.05) is 0 Å². The van der Waals surface area contributed by atoms with Crippen LogP contribution in [-0.2, 0) is 0 Å². The minimum absolute atomic E-state index is 0.0748. The molecule has 0 radical (unpaired) electrons. The maximum atomic E-state index is 12.2. The quantitative estimate of drug-likeness (QED) is 0.640. The van der Waals surface area contributed by atoms with Gasteiger partial charge in [-0.2, -0.15) is 0 Å².